The third kappa shape index (κ3) is 4.43. The van der Waals surface area contributed by atoms with Crippen molar-refractivity contribution in [3.63, 3.8) is 0 Å². The minimum atomic E-state index is -3.45. The van der Waals surface area contributed by atoms with Crippen LogP contribution in [0.2, 0.25) is 0 Å². The number of nitrogens with zero attached hydrogens (tertiary/aromatic N) is 2. The number of nitrogens with one attached hydrogen (secondary N) is 1. The number of hydrogen-bond donors (Lipinski definition) is 3. The van der Waals surface area contributed by atoms with Crippen LogP contribution in [0, 0.1) is 5.82 Å². The lowest BCUT2D eigenvalue weighted by Gasteiger charge is -2.14. The maximum atomic E-state index is 13.0. The topological polar surface area (TPSA) is 135 Å². The van der Waals surface area contributed by atoms with Crippen LogP contribution >= 0.6 is 0 Å². The number of aliphatic hydroxyl groups excluding tert-OH is 2. The van der Waals surface area contributed by atoms with Crippen molar-refractivity contribution in [1.82, 2.24) is 14.9 Å². The highest BCUT2D eigenvalue weighted by Gasteiger charge is 2.43. The van der Waals surface area contributed by atoms with Gasteiger partial charge in [-0.25, -0.2) is 17.5 Å². The second-order valence-electron chi connectivity index (χ2n) is 6.04. The molecule has 1 saturated heterocycles. The van der Waals surface area contributed by atoms with E-state index >= 15 is 0 Å². The predicted molar refractivity (Wildman–Crippen MR) is 86.9 cm³/mol. The zero-order valence-corrected chi connectivity index (χ0v) is 14.6. The van der Waals surface area contributed by atoms with E-state index in [2.05, 4.69) is 14.9 Å². The maximum Gasteiger partial charge on any atom is 0.229 e. The van der Waals surface area contributed by atoms with Crippen molar-refractivity contribution >= 4 is 10.0 Å². The molecule has 1 fully saturated rings. The molecule has 2 heterocycles. The van der Waals surface area contributed by atoms with E-state index in [1.165, 1.54) is 24.3 Å². The van der Waals surface area contributed by atoms with Gasteiger partial charge in [0.1, 0.15) is 24.1 Å². The summed E-state index contributed by atoms with van der Waals surface area (Å²) in [6.07, 6.45) is -3.21. The lowest BCUT2D eigenvalue weighted by Crippen LogP contribution is -2.39. The third-order valence-corrected chi connectivity index (χ3v) is 4.65. The zero-order valence-electron chi connectivity index (χ0n) is 13.7. The quantitative estimate of drug-likeness (QED) is 0.601. The summed E-state index contributed by atoms with van der Waals surface area (Å²) in [5.74, 6) is 0.0308. The molecule has 142 valence electrons. The summed E-state index contributed by atoms with van der Waals surface area (Å²) < 4.78 is 48.1. The summed E-state index contributed by atoms with van der Waals surface area (Å²) in [7, 11) is -3.45. The SMILES string of the molecule is CS(=O)(=O)NC[C@H]1O[C@@H](Cc2nc(-c3ccc(F)cc3)no2)[C@H](O)[C@@H]1O. The number of aromatic nitrogens is 2. The van der Waals surface area contributed by atoms with E-state index in [1.807, 2.05) is 0 Å². The van der Waals surface area contributed by atoms with E-state index in [1.54, 1.807) is 0 Å². The first kappa shape index (κ1) is 18.9. The Hall–Kier alpha value is -1.92. The van der Waals surface area contributed by atoms with Gasteiger partial charge < -0.3 is 19.5 Å². The molecule has 9 nitrogen and oxygen atoms in total. The molecule has 2 aromatic rings. The van der Waals surface area contributed by atoms with Crippen molar-refractivity contribution in [1.29, 1.82) is 0 Å². The molecule has 0 aliphatic carbocycles. The number of aliphatic hydroxyl groups is 2. The Labute approximate surface area is 148 Å². The second-order valence-corrected chi connectivity index (χ2v) is 7.87. The monoisotopic (exact) mass is 387 g/mol. The first-order valence-electron chi connectivity index (χ1n) is 7.77. The highest BCUT2D eigenvalue weighted by atomic mass is 32.2. The number of hydrogen-bond acceptors (Lipinski definition) is 8. The normalized spacial score (nSPS) is 26.3. The van der Waals surface area contributed by atoms with Crippen molar-refractivity contribution in [2.45, 2.75) is 30.8 Å². The van der Waals surface area contributed by atoms with E-state index in [0.717, 1.165) is 6.26 Å². The molecule has 0 bridgehead atoms. The number of benzene rings is 1. The van der Waals surface area contributed by atoms with E-state index in [9.17, 15) is 23.0 Å². The Balaban J connectivity index is 1.64. The van der Waals surface area contributed by atoms with Gasteiger partial charge in [-0.05, 0) is 24.3 Å². The summed E-state index contributed by atoms with van der Waals surface area (Å²) in [4.78, 5) is 4.16. The van der Waals surface area contributed by atoms with Crippen LogP contribution in [0.15, 0.2) is 28.8 Å². The molecule has 1 aliphatic heterocycles. The van der Waals surface area contributed by atoms with Crippen LogP contribution in [0.4, 0.5) is 4.39 Å². The fourth-order valence-electron chi connectivity index (χ4n) is 2.62. The molecule has 1 aliphatic rings. The molecule has 26 heavy (non-hydrogen) atoms. The summed E-state index contributed by atoms with van der Waals surface area (Å²) >= 11 is 0. The highest BCUT2D eigenvalue weighted by molar-refractivity contribution is 7.88. The van der Waals surface area contributed by atoms with Crippen LogP contribution in [-0.2, 0) is 21.2 Å². The van der Waals surface area contributed by atoms with Crippen molar-refractivity contribution in [3.05, 3.63) is 36.0 Å². The largest absolute Gasteiger partial charge is 0.388 e. The minimum absolute atomic E-state index is 0.0296. The summed E-state index contributed by atoms with van der Waals surface area (Å²) in [6.45, 7) is -0.168. The molecule has 0 radical (unpaired) electrons. The van der Waals surface area contributed by atoms with Gasteiger partial charge in [0.2, 0.25) is 21.7 Å². The van der Waals surface area contributed by atoms with E-state index in [4.69, 9.17) is 9.26 Å². The van der Waals surface area contributed by atoms with Gasteiger partial charge >= 0.3 is 0 Å². The fourth-order valence-corrected chi connectivity index (χ4v) is 3.09. The molecular formula is C15H18FN3O6S. The molecule has 1 aromatic carbocycles. The summed E-state index contributed by atoms with van der Waals surface area (Å²) in [5.41, 5.74) is 0.560. The second kappa shape index (κ2) is 7.37. The van der Waals surface area contributed by atoms with Crippen LogP contribution in [-0.4, -0.2) is 66.0 Å². The standard InChI is InChI=1S/C15H18FN3O6S/c1-26(22,23)17-7-11-14(21)13(20)10(24-11)6-12-18-15(19-25-12)8-2-4-9(16)5-3-8/h2-5,10-11,13-14,17,20-21H,6-7H2,1H3/t10-,11+,13-,14+/m0/s1. The van der Waals surface area contributed by atoms with E-state index < -0.39 is 34.4 Å². The smallest absolute Gasteiger partial charge is 0.229 e. The van der Waals surface area contributed by atoms with Crippen LogP contribution in [0.25, 0.3) is 11.4 Å². The Morgan fingerprint density at radius 2 is 1.85 bits per heavy atom. The Bertz CT molecular complexity index is 857. The lowest BCUT2D eigenvalue weighted by molar-refractivity contribution is 0.00790. The lowest BCUT2D eigenvalue weighted by atomic mass is 10.1. The average molecular weight is 387 g/mol. The van der Waals surface area contributed by atoms with Crippen LogP contribution in [0.1, 0.15) is 5.89 Å². The van der Waals surface area contributed by atoms with Gasteiger partial charge in [-0.15, -0.1) is 0 Å². The van der Waals surface area contributed by atoms with Crippen LogP contribution in [0.5, 0.6) is 0 Å². The first-order valence-corrected chi connectivity index (χ1v) is 9.67. The van der Waals surface area contributed by atoms with Gasteiger partial charge in [0.05, 0.1) is 18.8 Å². The molecule has 3 N–H and O–H groups in total. The summed E-state index contributed by atoms with van der Waals surface area (Å²) in [5, 5.41) is 23.9. The average Bonchev–Trinajstić information content (AvgIpc) is 3.14. The number of ether oxygens (including phenoxy) is 1. The molecule has 4 atom stereocenters. The molecule has 0 unspecified atom stereocenters. The zero-order chi connectivity index (χ0) is 18.9. The van der Waals surface area contributed by atoms with Gasteiger partial charge in [0, 0.05) is 12.1 Å². The maximum absolute atomic E-state index is 13.0. The van der Waals surface area contributed by atoms with Gasteiger partial charge in [0.15, 0.2) is 0 Å². The Kier molecular flexibility index (Phi) is 5.34. The minimum Gasteiger partial charge on any atom is -0.388 e. The molecular weight excluding hydrogens is 369 g/mol. The van der Waals surface area contributed by atoms with Gasteiger partial charge in [0.25, 0.3) is 0 Å². The highest BCUT2D eigenvalue weighted by Crippen LogP contribution is 2.25. The van der Waals surface area contributed by atoms with Crippen LogP contribution in [0.3, 0.4) is 0 Å². The number of rotatable bonds is 6. The molecule has 1 aromatic heterocycles. The van der Waals surface area contributed by atoms with Gasteiger partial charge in [-0.2, -0.15) is 4.98 Å². The van der Waals surface area contributed by atoms with Crippen LogP contribution < -0.4 is 4.72 Å². The van der Waals surface area contributed by atoms with Gasteiger partial charge in [-0.1, -0.05) is 5.16 Å². The predicted octanol–water partition coefficient (Wildman–Crippen LogP) is -0.543. The van der Waals surface area contributed by atoms with Crippen molar-refractivity contribution in [2.75, 3.05) is 12.8 Å². The molecule has 11 heteroatoms. The molecule has 3 rings (SSSR count). The van der Waals surface area contributed by atoms with E-state index in [-0.39, 0.29) is 30.5 Å². The Morgan fingerprint density at radius 1 is 1.19 bits per heavy atom. The Morgan fingerprint density at radius 3 is 2.50 bits per heavy atom. The van der Waals surface area contributed by atoms with Crippen molar-refractivity contribution < 1.29 is 32.3 Å². The fraction of sp³-hybridized carbons (Fsp3) is 0.467. The van der Waals surface area contributed by atoms with E-state index in [0.29, 0.717) is 5.56 Å². The van der Waals surface area contributed by atoms with Crippen molar-refractivity contribution in [3.8, 4) is 11.4 Å². The third-order valence-electron chi connectivity index (χ3n) is 3.95. The van der Waals surface area contributed by atoms with Gasteiger partial charge in [-0.3, -0.25) is 0 Å². The first-order chi connectivity index (χ1) is 12.2. The molecule has 0 amide bonds. The summed E-state index contributed by atoms with van der Waals surface area (Å²) in [6, 6.07) is 5.54. The number of sulfonamides is 1. The molecule has 0 saturated carbocycles. The van der Waals surface area contributed by atoms with Crippen molar-refractivity contribution in [2.24, 2.45) is 0 Å². The number of halogens is 1. The molecule has 0 spiro atoms.